The van der Waals surface area contributed by atoms with Crippen LogP contribution in [0.5, 0.6) is 0 Å². The molecule has 0 aliphatic carbocycles. The van der Waals surface area contributed by atoms with Gasteiger partial charge in [-0.25, -0.2) is 13.2 Å². The lowest BCUT2D eigenvalue weighted by Gasteiger charge is -2.20. The first-order valence-corrected chi connectivity index (χ1v) is 8.71. The van der Waals surface area contributed by atoms with Crippen LogP contribution in [-0.4, -0.2) is 38.5 Å². The van der Waals surface area contributed by atoms with E-state index in [0.29, 0.717) is 18.0 Å². The van der Waals surface area contributed by atoms with Gasteiger partial charge in [0.15, 0.2) is 9.84 Å². The Kier molecular flexibility index (Phi) is 3.38. The molecule has 5 nitrogen and oxygen atoms in total. The van der Waals surface area contributed by atoms with Crippen LogP contribution in [0.15, 0.2) is 18.2 Å². The number of benzene rings is 1. The summed E-state index contributed by atoms with van der Waals surface area (Å²) in [5.74, 6) is 0.190. The highest BCUT2D eigenvalue weighted by Crippen LogP contribution is 2.30. The van der Waals surface area contributed by atoms with Gasteiger partial charge in [-0.15, -0.1) is 0 Å². The molecule has 0 saturated carbocycles. The Bertz CT molecular complexity index is 660. The molecule has 1 atom stereocenters. The van der Waals surface area contributed by atoms with E-state index in [0.717, 1.165) is 17.7 Å². The molecule has 20 heavy (non-hydrogen) atoms. The maximum atomic E-state index is 12.3. The van der Waals surface area contributed by atoms with Crippen LogP contribution in [0.4, 0.5) is 10.5 Å². The fraction of sp³-hybridized carbons (Fsp3) is 0.462. The molecule has 7 heteroatoms. The van der Waals surface area contributed by atoms with Gasteiger partial charge >= 0.3 is 6.03 Å². The Hall–Kier alpha value is -1.27. The highest BCUT2D eigenvalue weighted by molar-refractivity contribution is 7.91. The molecule has 2 heterocycles. The van der Waals surface area contributed by atoms with Crippen molar-refractivity contribution < 1.29 is 13.2 Å². The Morgan fingerprint density at radius 2 is 2.20 bits per heavy atom. The van der Waals surface area contributed by atoms with Gasteiger partial charge in [0.2, 0.25) is 0 Å². The molecule has 0 spiro atoms. The first-order chi connectivity index (χ1) is 9.44. The highest BCUT2D eigenvalue weighted by Gasteiger charge is 2.32. The summed E-state index contributed by atoms with van der Waals surface area (Å²) < 4.78 is 22.8. The first kappa shape index (κ1) is 13.7. The minimum atomic E-state index is -2.99. The minimum Gasteiger partial charge on any atom is -0.334 e. The highest BCUT2D eigenvalue weighted by atomic mass is 35.5. The van der Waals surface area contributed by atoms with Gasteiger partial charge in [0.05, 0.1) is 17.2 Å². The number of carbonyl (C=O) groups is 1. The average molecular weight is 315 g/mol. The molecule has 0 aromatic heterocycles. The maximum absolute atomic E-state index is 12.3. The second-order valence-corrected chi connectivity index (χ2v) is 7.89. The fourth-order valence-corrected chi connectivity index (χ4v) is 4.56. The third kappa shape index (κ3) is 2.62. The van der Waals surface area contributed by atoms with E-state index in [1.54, 1.807) is 11.0 Å². The number of amides is 2. The normalized spacial score (nSPS) is 23.6. The predicted octanol–water partition coefficient (Wildman–Crippen LogP) is 1.60. The largest absolute Gasteiger partial charge is 0.334 e. The third-order valence-corrected chi connectivity index (χ3v) is 5.75. The molecule has 2 amide bonds. The SMILES string of the molecule is O=C(NC1CCS(=O)(=O)C1)N1CCc2ccc(Cl)cc21. The number of hydrogen-bond acceptors (Lipinski definition) is 3. The van der Waals surface area contributed by atoms with Crippen molar-refractivity contribution in [1.29, 1.82) is 0 Å². The molecular formula is C13H15ClN2O3S. The van der Waals surface area contributed by atoms with Crippen molar-refractivity contribution in [2.75, 3.05) is 23.0 Å². The molecule has 1 aromatic carbocycles. The van der Waals surface area contributed by atoms with Gasteiger partial charge in [0, 0.05) is 17.6 Å². The van der Waals surface area contributed by atoms with Crippen LogP contribution in [0.2, 0.25) is 5.02 Å². The maximum Gasteiger partial charge on any atom is 0.322 e. The number of nitrogens with one attached hydrogen (secondary N) is 1. The first-order valence-electron chi connectivity index (χ1n) is 6.51. The zero-order valence-electron chi connectivity index (χ0n) is 10.8. The monoisotopic (exact) mass is 314 g/mol. The van der Waals surface area contributed by atoms with Crippen LogP contribution in [0.1, 0.15) is 12.0 Å². The van der Waals surface area contributed by atoms with Gasteiger partial charge in [-0.2, -0.15) is 0 Å². The molecule has 0 bridgehead atoms. The van der Waals surface area contributed by atoms with E-state index in [2.05, 4.69) is 5.32 Å². The van der Waals surface area contributed by atoms with E-state index < -0.39 is 9.84 Å². The number of rotatable bonds is 1. The Balaban J connectivity index is 1.73. The van der Waals surface area contributed by atoms with Gasteiger partial charge in [-0.3, -0.25) is 4.90 Å². The molecule has 1 saturated heterocycles. The second-order valence-electron chi connectivity index (χ2n) is 5.22. The van der Waals surface area contributed by atoms with Gasteiger partial charge < -0.3 is 5.32 Å². The van der Waals surface area contributed by atoms with E-state index in [1.165, 1.54) is 0 Å². The lowest BCUT2D eigenvalue weighted by atomic mass is 10.2. The molecule has 0 radical (unpaired) electrons. The number of carbonyl (C=O) groups excluding carboxylic acids is 1. The number of anilines is 1. The van der Waals surface area contributed by atoms with Gasteiger partial charge in [0.25, 0.3) is 0 Å². The van der Waals surface area contributed by atoms with E-state index >= 15 is 0 Å². The fourth-order valence-electron chi connectivity index (χ4n) is 2.72. The Labute approximate surface area is 122 Å². The molecule has 1 fully saturated rings. The van der Waals surface area contributed by atoms with Crippen molar-refractivity contribution in [3.63, 3.8) is 0 Å². The van der Waals surface area contributed by atoms with Crippen molar-refractivity contribution in [3.05, 3.63) is 28.8 Å². The lowest BCUT2D eigenvalue weighted by Crippen LogP contribution is -2.44. The number of sulfone groups is 1. The topological polar surface area (TPSA) is 66.5 Å². The van der Waals surface area contributed by atoms with Crippen LogP contribution in [0, 0.1) is 0 Å². The van der Waals surface area contributed by atoms with Crippen LogP contribution in [0.3, 0.4) is 0 Å². The summed E-state index contributed by atoms with van der Waals surface area (Å²) in [6, 6.07) is 4.98. The molecule has 108 valence electrons. The standard InChI is InChI=1S/C13H15ClN2O3S/c14-10-2-1-9-3-5-16(12(9)7-10)13(17)15-11-4-6-20(18,19)8-11/h1-2,7,11H,3-6,8H2,(H,15,17). The zero-order chi connectivity index (χ0) is 14.3. The van der Waals surface area contributed by atoms with E-state index in [4.69, 9.17) is 11.6 Å². The average Bonchev–Trinajstić information content (AvgIpc) is 2.92. The number of fused-ring (bicyclic) bond motifs is 1. The number of urea groups is 1. The summed E-state index contributed by atoms with van der Waals surface area (Å²) >= 11 is 5.96. The van der Waals surface area contributed by atoms with Crippen LogP contribution in [-0.2, 0) is 16.3 Å². The molecular weight excluding hydrogens is 300 g/mol. The lowest BCUT2D eigenvalue weighted by molar-refractivity contribution is 0.244. The summed E-state index contributed by atoms with van der Waals surface area (Å²) in [4.78, 5) is 13.9. The molecule has 1 N–H and O–H groups in total. The molecule has 2 aliphatic rings. The quantitative estimate of drug-likeness (QED) is 0.856. The van der Waals surface area contributed by atoms with Crippen molar-refractivity contribution >= 4 is 33.2 Å². The Morgan fingerprint density at radius 1 is 1.40 bits per heavy atom. The van der Waals surface area contributed by atoms with E-state index in [9.17, 15) is 13.2 Å². The van der Waals surface area contributed by atoms with Gasteiger partial charge in [-0.05, 0) is 30.5 Å². The predicted molar refractivity (Wildman–Crippen MR) is 78.1 cm³/mol. The van der Waals surface area contributed by atoms with Gasteiger partial charge in [-0.1, -0.05) is 17.7 Å². The van der Waals surface area contributed by atoms with E-state index in [-0.39, 0.29) is 23.6 Å². The third-order valence-electron chi connectivity index (χ3n) is 3.75. The van der Waals surface area contributed by atoms with Crippen LogP contribution >= 0.6 is 11.6 Å². The molecule has 1 unspecified atom stereocenters. The summed E-state index contributed by atoms with van der Waals surface area (Å²) in [6.45, 7) is 0.598. The Morgan fingerprint density at radius 3 is 2.90 bits per heavy atom. The van der Waals surface area contributed by atoms with Crippen molar-refractivity contribution in [2.24, 2.45) is 0 Å². The van der Waals surface area contributed by atoms with Crippen LogP contribution < -0.4 is 10.2 Å². The minimum absolute atomic E-state index is 0.0367. The molecule has 3 rings (SSSR count). The number of nitrogens with zero attached hydrogens (tertiary/aromatic N) is 1. The second kappa shape index (κ2) is 4.93. The van der Waals surface area contributed by atoms with Crippen molar-refractivity contribution in [3.8, 4) is 0 Å². The summed E-state index contributed by atoms with van der Waals surface area (Å²) in [5.41, 5.74) is 1.90. The van der Waals surface area contributed by atoms with Crippen LogP contribution in [0.25, 0.3) is 0 Å². The number of hydrogen-bond donors (Lipinski definition) is 1. The molecule has 2 aliphatic heterocycles. The van der Waals surface area contributed by atoms with Crippen molar-refractivity contribution in [2.45, 2.75) is 18.9 Å². The summed E-state index contributed by atoms with van der Waals surface area (Å²) in [6.07, 6.45) is 1.28. The van der Waals surface area contributed by atoms with E-state index in [1.807, 2.05) is 12.1 Å². The smallest absolute Gasteiger partial charge is 0.322 e. The van der Waals surface area contributed by atoms with Crippen molar-refractivity contribution in [1.82, 2.24) is 5.32 Å². The summed E-state index contributed by atoms with van der Waals surface area (Å²) in [5, 5.41) is 3.39. The van der Waals surface area contributed by atoms with Gasteiger partial charge in [0.1, 0.15) is 0 Å². The summed E-state index contributed by atoms with van der Waals surface area (Å²) in [7, 11) is -2.99. The molecule has 1 aromatic rings. The zero-order valence-corrected chi connectivity index (χ0v) is 12.4. The number of halogens is 1.